The summed E-state index contributed by atoms with van der Waals surface area (Å²) in [5, 5.41) is 7.29. The average Bonchev–Trinajstić information content (AvgIpc) is 3.22. The number of hydrogen-bond donors (Lipinski definition) is 1. The number of nitrogens with one attached hydrogen (secondary N) is 1. The van der Waals surface area contributed by atoms with Crippen LogP contribution in [0.1, 0.15) is 24.2 Å². The lowest BCUT2D eigenvalue weighted by Gasteiger charge is -2.21. The summed E-state index contributed by atoms with van der Waals surface area (Å²) in [6, 6.07) is 8.63. The van der Waals surface area contributed by atoms with E-state index < -0.39 is 15.9 Å². The molecule has 1 aromatic heterocycles. The summed E-state index contributed by atoms with van der Waals surface area (Å²) in [7, 11) is -2.31. The molecule has 0 unspecified atom stereocenters. The van der Waals surface area contributed by atoms with E-state index >= 15 is 0 Å². The third-order valence-electron chi connectivity index (χ3n) is 4.46. The van der Waals surface area contributed by atoms with E-state index in [1.54, 1.807) is 32.0 Å². The molecule has 30 heavy (non-hydrogen) atoms. The molecular formula is C19H19Cl2N5O3S. The zero-order valence-electron chi connectivity index (χ0n) is 16.4. The van der Waals surface area contributed by atoms with E-state index in [1.807, 2.05) is 0 Å². The van der Waals surface area contributed by atoms with Gasteiger partial charge in [0.15, 0.2) is 0 Å². The summed E-state index contributed by atoms with van der Waals surface area (Å²) in [6.07, 6.45) is 2.83. The molecule has 0 aliphatic rings. The smallest absolute Gasteiger partial charge is 0.257 e. The van der Waals surface area contributed by atoms with Crippen LogP contribution in [-0.2, 0) is 10.0 Å². The van der Waals surface area contributed by atoms with E-state index in [0.29, 0.717) is 16.4 Å². The molecule has 0 atom stereocenters. The lowest BCUT2D eigenvalue weighted by atomic mass is 10.2. The molecule has 0 spiro atoms. The van der Waals surface area contributed by atoms with Gasteiger partial charge in [-0.25, -0.2) is 18.1 Å². The predicted octanol–water partition coefficient (Wildman–Crippen LogP) is 3.86. The van der Waals surface area contributed by atoms with Crippen LogP contribution in [0.3, 0.4) is 0 Å². The van der Waals surface area contributed by atoms with Gasteiger partial charge in [0, 0.05) is 18.1 Å². The molecule has 0 aliphatic carbocycles. The molecule has 1 amide bonds. The molecule has 3 rings (SSSR count). The number of benzene rings is 2. The van der Waals surface area contributed by atoms with Crippen molar-refractivity contribution in [3.63, 3.8) is 0 Å². The maximum atomic E-state index is 13.0. The fourth-order valence-corrected chi connectivity index (χ4v) is 4.38. The van der Waals surface area contributed by atoms with Crippen LogP contribution in [0.5, 0.6) is 0 Å². The van der Waals surface area contributed by atoms with Crippen LogP contribution in [0.15, 0.2) is 53.9 Å². The first-order chi connectivity index (χ1) is 14.1. The molecule has 0 radical (unpaired) electrons. The standard InChI is InChI=1S/C19H19Cl2N5O3S/c1-12(2)25(3)30(28,29)14-5-6-16(21)15(9-14)19(27)24-17-8-13(20)4-7-18(17)26-11-22-10-23-26/h4-12H,1-3H3,(H,24,27). The molecular weight excluding hydrogens is 449 g/mol. The van der Waals surface area contributed by atoms with Gasteiger partial charge in [0.25, 0.3) is 5.91 Å². The van der Waals surface area contributed by atoms with E-state index in [9.17, 15) is 13.2 Å². The van der Waals surface area contributed by atoms with Crippen LogP contribution in [0.2, 0.25) is 10.0 Å². The normalized spacial score (nSPS) is 11.8. The number of hydrogen-bond acceptors (Lipinski definition) is 5. The molecule has 11 heteroatoms. The van der Waals surface area contributed by atoms with Crippen LogP contribution in [0.4, 0.5) is 5.69 Å². The Kier molecular flexibility index (Phi) is 6.47. The number of sulfonamides is 1. The van der Waals surface area contributed by atoms with Crippen LogP contribution in [-0.4, -0.2) is 46.5 Å². The molecule has 0 saturated heterocycles. The molecule has 0 saturated carbocycles. The van der Waals surface area contributed by atoms with Crippen molar-refractivity contribution in [2.24, 2.45) is 0 Å². The summed E-state index contributed by atoms with van der Waals surface area (Å²) in [5.74, 6) is -0.590. The monoisotopic (exact) mass is 467 g/mol. The lowest BCUT2D eigenvalue weighted by molar-refractivity contribution is 0.102. The first kappa shape index (κ1) is 22.2. The van der Waals surface area contributed by atoms with Gasteiger partial charge in [0.05, 0.1) is 26.9 Å². The Labute approximate surface area is 184 Å². The summed E-state index contributed by atoms with van der Waals surface area (Å²) < 4.78 is 28.3. The Morgan fingerprint density at radius 2 is 1.90 bits per heavy atom. The van der Waals surface area contributed by atoms with E-state index in [-0.39, 0.29) is 21.5 Å². The first-order valence-electron chi connectivity index (χ1n) is 8.84. The number of amides is 1. The Hall–Kier alpha value is -2.46. The third-order valence-corrected chi connectivity index (χ3v) is 7.05. The molecule has 0 fully saturated rings. The van der Waals surface area contributed by atoms with Crippen molar-refractivity contribution in [3.8, 4) is 5.69 Å². The Balaban J connectivity index is 1.99. The number of aromatic nitrogens is 3. The molecule has 0 aliphatic heterocycles. The van der Waals surface area contributed by atoms with Crippen LogP contribution < -0.4 is 5.32 Å². The third kappa shape index (κ3) is 4.49. The summed E-state index contributed by atoms with van der Waals surface area (Å²) in [5.41, 5.74) is 0.908. The molecule has 158 valence electrons. The van der Waals surface area contributed by atoms with Crippen molar-refractivity contribution in [1.82, 2.24) is 19.1 Å². The van der Waals surface area contributed by atoms with Crippen molar-refractivity contribution in [3.05, 3.63) is 64.7 Å². The highest BCUT2D eigenvalue weighted by Crippen LogP contribution is 2.27. The fourth-order valence-electron chi connectivity index (χ4n) is 2.61. The molecule has 0 bridgehead atoms. The van der Waals surface area contributed by atoms with Crippen LogP contribution in [0, 0.1) is 0 Å². The van der Waals surface area contributed by atoms with Gasteiger partial charge in [-0.1, -0.05) is 23.2 Å². The van der Waals surface area contributed by atoms with Crippen molar-refractivity contribution in [1.29, 1.82) is 0 Å². The Bertz CT molecular complexity index is 1180. The van der Waals surface area contributed by atoms with E-state index in [0.717, 1.165) is 0 Å². The number of halogens is 2. The van der Waals surface area contributed by atoms with Gasteiger partial charge in [0.1, 0.15) is 12.7 Å². The number of rotatable bonds is 6. The van der Waals surface area contributed by atoms with Gasteiger partial charge in [-0.05, 0) is 50.2 Å². The summed E-state index contributed by atoms with van der Waals surface area (Å²) in [6.45, 7) is 3.51. The zero-order valence-corrected chi connectivity index (χ0v) is 18.7. The maximum absolute atomic E-state index is 13.0. The summed E-state index contributed by atoms with van der Waals surface area (Å²) in [4.78, 5) is 16.8. The van der Waals surface area contributed by atoms with Crippen LogP contribution >= 0.6 is 23.2 Å². The zero-order chi connectivity index (χ0) is 22.1. The second kappa shape index (κ2) is 8.73. The molecule has 8 nitrogen and oxygen atoms in total. The number of carbonyl (C=O) groups is 1. The summed E-state index contributed by atoms with van der Waals surface area (Å²) >= 11 is 12.3. The van der Waals surface area contributed by atoms with Gasteiger partial charge in [-0.15, -0.1) is 0 Å². The van der Waals surface area contributed by atoms with E-state index in [4.69, 9.17) is 23.2 Å². The lowest BCUT2D eigenvalue weighted by Crippen LogP contribution is -2.33. The SMILES string of the molecule is CC(C)N(C)S(=O)(=O)c1ccc(Cl)c(C(=O)Nc2cc(Cl)ccc2-n2cncn2)c1. The van der Waals surface area contributed by atoms with Gasteiger partial charge >= 0.3 is 0 Å². The second-order valence-corrected chi connectivity index (χ2v) is 9.55. The fraction of sp³-hybridized carbons (Fsp3) is 0.211. The maximum Gasteiger partial charge on any atom is 0.257 e. The predicted molar refractivity (Wildman–Crippen MR) is 116 cm³/mol. The minimum absolute atomic E-state index is 0.0133. The van der Waals surface area contributed by atoms with Crippen molar-refractivity contribution >= 4 is 44.8 Å². The Morgan fingerprint density at radius 3 is 2.53 bits per heavy atom. The van der Waals surface area contributed by atoms with Crippen molar-refractivity contribution < 1.29 is 13.2 Å². The quantitative estimate of drug-likeness (QED) is 0.593. The topological polar surface area (TPSA) is 97.2 Å². The first-order valence-corrected chi connectivity index (χ1v) is 11.0. The second-order valence-electron chi connectivity index (χ2n) is 6.71. The number of anilines is 1. The molecule has 1 heterocycles. The van der Waals surface area contributed by atoms with E-state index in [1.165, 1.54) is 46.9 Å². The minimum atomic E-state index is -3.78. The van der Waals surface area contributed by atoms with Gasteiger partial charge in [-0.3, -0.25) is 4.79 Å². The molecule has 1 N–H and O–H groups in total. The highest BCUT2D eigenvalue weighted by Gasteiger charge is 2.25. The van der Waals surface area contributed by atoms with E-state index in [2.05, 4.69) is 15.4 Å². The molecule has 3 aromatic rings. The van der Waals surface area contributed by atoms with Crippen molar-refractivity contribution in [2.45, 2.75) is 24.8 Å². The Morgan fingerprint density at radius 1 is 1.17 bits per heavy atom. The van der Waals surface area contributed by atoms with Gasteiger partial charge in [0.2, 0.25) is 10.0 Å². The highest BCUT2D eigenvalue weighted by atomic mass is 35.5. The van der Waals surface area contributed by atoms with Crippen molar-refractivity contribution in [2.75, 3.05) is 12.4 Å². The van der Waals surface area contributed by atoms with Gasteiger partial charge < -0.3 is 5.32 Å². The van der Waals surface area contributed by atoms with Crippen LogP contribution in [0.25, 0.3) is 5.69 Å². The highest BCUT2D eigenvalue weighted by molar-refractivity contribution is 7.89. The number of nitrogens with zero attached hydrogens (tertiary/aromatic N) is 4. The van der Waals surface area contributed by atoms with Gasteiger partial charge in [-0.2, -0.15) is 9.40 Å². The number of carbonyl (C=O) groups excluding carboxylic acids is 1. The minimum Gasteiger partial charge on any atom is -0.320 e. The molecule has 2 aromatic carbocycles. The largest absolute Gasteiger partial charge is 0.320 e. The average molecular weight is 468 g/mol.